The maximum Gasteiger partial charge on any atom is 0.0705 e. The van der Waals surface area contributed by atoms with E-state index in [0.717, 1.165) is 23.0 Å². The molecule has 0 amide bonds. The number of likely N-dealkylation sites (N-methyl/N-ethyl adjacent to an activating group) is 1. The van der Waals surface area contributed by atoms with Gasteiger partial charge >= 0.3 is 0 Å². The summed E-state index contributed by atoms with van der Waals surface area (Å²) in [6.07, 6.45) is 1.81. The van der Waals surface area contributed by atoms with E-state index in [9.17, 15) is 0 Å². The fourth-order valence-corrected chi connectivity index (χ4v) is 1.81. The Kier molecular flexibility index (Phi) is 3.17. The maximum atomic E-state index is 6.12. The predicted molar refractivity (Wildman–Crippen MR) is 67.2 cm³/mol. The van der Waals surface area contributed by atoms with Gasteiger partial charge in [0.15, 0.2) is 0 Å². The van der Waals surface area contributed by atoms with Crippen LogP contribution in [0.1, 0.15) is 11.6 Å². The molecule has 1 heterocycles. The van der Waals surface area contributed by atoms with Crippen molar-refractivity contribution in [3.05, 3.63) is 42.1 Å². The fourth-order valence-electron chi connectivity index (χ4n) is 1.81. The predicted octanol–water partition coefficient (Wildman–Crippen LogP) is 1.80. The molecule has 3 nitrogen and oxygen atoms in total. The van der Waals surface area contributed by atoms with Gasteiger partial charge in [0.25, 0.3) is 0 Å². The zero-order valence-corrected chi connectivity index (χ0v) is 9.72. The van der Waals surface area contributed by atoms with Crippen LogP contribution in [-0.4, -0.2) is 30.5 Å². The van der Waals surface area contributed by atoms with E-state index in [-0.39, 0.29) is 6.04 Å². The van der Waals surface area contributed by atoms with Crippen molar-refractivity contribution in [1.29, 1.82) is 0 Å². The van der Waals surface area contributed by atoms with Crippen LogP contribution in [0.25, 0.3) is 10.9 Å². The van der Waals surface area contributed by atoms with E-state index < -0.39 is 0 Å². The molecule has 0 spiro atoms. The maximum absolute atomic E-state index is 6.12. The molecule has 0 aliphatic heterocycles. The van der Waals surface area contributed by atoms with Crippen molar-refractivity contribution < 1.29 is 0 Å². The largest absolute Gasteiger partial charge is 0.323 e. The lowest BCUT2D eigenvalue weighted by Crippen LogP contribution is -2.25. The highest BCUT2D eigenvalue weighted by Gasteiger charge is 2.07. The van der Waals surface area contributed by atoms with Crippen LogP contribution in [0, 0.1) is 0 Å². The molecule has 84 valence electrons. The smallest absolute Gasteiger partial charge is 0.0705 e. The average Bonchev–Trinajstić information content (AvgIpc) is 2.27. The molecule has 1 atom stereocenters. The summed E-state index contributed by atoms with van der Waals surface area (Å²) >= 11 is 0. The molecular formula is C13H17N3. The van der Waals surface area contributed by atoms with Gasteiger partial charge in [-0.15, -0.1) is 0 Å². The molecule has 1 aromatic heterocycles. The second kappa shape index (κ2) is 4.60. The van der Waals surface area contributed by atoms with E-state index in [1.165, 1.54) is 0 Å². The summed E-state index contributed by atoms with van der Waals surface area (Å²) in [6, 6.07) is 10.3. The van der Waals surface area contributed by atoms with Crippen molar-refractivity contribution in [3.8, 4) is 0 Å². The minimum Gasteiger partial charge on any atom is -0.323 e. The summed E-state index contributed by atoms with van der Waals surface area (Å²) in [5.74, 6) is 0. The monoisotopic (exact) mass is 215 g/mol. The molecule has 2 N–H and O–H groups in total. The molecule has 3 heteroatoms. The third-order valence-electron chi connectivity index (χ3n) is 2.62. The molecule has 0 fully saturated rings. The van der Waals surface area contributed by atoms with Gasteiger partial charge in [-0.1, -0.05) is 18.2 Å². The lowest BCUT2D eigenvalue weighted by molar-refractivity contribution is 0.377. The van der Waals surface area contributed by atoms with E-state index in [2.05, 4.69) is 34.1 Å². The molecule has 0 saturated carbocycles. The van der Waals surface area contributed by atoms with Gasteiger partial charge in [-0.05, 0) is 31.8 Å². The van der Waals surface area contributed by atoms with E-state index in [1.54, 1.807) is 0 Å². The lowest BCUT2D eigenvalue weighted by Gasteiger charge is -2.17. The first kappa shape index (κ1) is 11.0. The van der Waals surface area contributed by atoms with Crippen molar-refractivity contribution in [2.45, 2.75) is 6.04 Å². The molecule has 0 bridgehead atoms. The third-order valence-corrected chi connectivity index (χ3v) is 2.62. The zero-order valence-electron chi connectivity index (χ0n) is 9.72. The number of aromatic nitrogens is 1. The minimum atomic E-state index is 0.0430. The van der Waals surface area contributed by atoms with Crippen molar-refractivity contribution in [2.24, 2.45) is 5.73 Å². The molecule has 0 radical (unpaired) electrons. The molecule has 2 rings (SSSR count). The molecule has 0 aliphatic carbocycles. The number of benzene rings is 1. The zero-order chi connectivity index (χ0) is 11.5. The van der Waals surface area contributed by atoms with Crippen LogP contribution in [0.5, 0.6) is 0 Å². The number of nitrogens with zero attached hydrogens (tertiary/aromatic N) is 2. The van der Waals surface area contributed by atoms with Gasteiger partial charge in [-0.2, -0.15) is 0 Å². The Labute approximate surface area is 95.9 Å². The topological polar surface area (TPSA) is 42.1 Å². The van der Waals surface area contributed by atoms with E-state index in [4.69, 9.17) is 5.73 Å². The molecule has 0 aliphatic rings. The Balaban J connectivity index is 2.32. The highest BCUT2D eigenvalue weighted by Crippen LogP contribution is 2.17. The first-order valence-corrected chi connectivity index (χ1v) is 5.42. The summed E-state index contributed by atoms with van der Waals surface area (Å²) in [6.45, 7) is 0.846. The van der Waals surface area contributed by atoms with Gasteiger partial charge in [0.05, 0.1) is 5.52 Å². The number of fused-ring (bicyclic) bond motifs is 1. The van der Waals surface area contributed by atoms with Crippen molar-refractivity contribution in [2.75, 3.05) is 20.6 Å². The Morgan fingerprint density at radius 1 is 1.31 bits per heavy atom. The van der Waals surface area contributed by atoms with Gasteiger partial charge in [0, 0.05) is 24.2 Å². The highest BCUT2D eigenvalue weighted by molar-refractivity contribution is 5.78. The molecule has 16 heavy (non-hydrogen) atoms. The first-order chi connectivity index (χ1) is 7.66. The molecule has 0 saturated heterocycles. The molecule has 2 aromatic rings. The average molecular weight is 215 g/mol. The Hall–Kier alpha value is -1.45. The van der Waals surface area contributed by atoms with Crippen LogP contribution >= 0.6 is 0 Å². The second-order valence-electron chi connectivity index (χ2n) is 4.32. The van der Waals surface area contributed by atoms with E-state index >= 15 is 0 Å². The number of nitrogens with two attached hydrogens (primary N) is 1. The van der Waals surface area contributed by atoms with Crippen LogP contribution in [0.2, 0.25) is 0 Å². The molecule has 1 aromatic carbocycles. The summed E-state index contributed by atoms with van der Waals surface area (Å²) in [5, 5.41) is 1.16. The van der Waals surface area contributed by atoms with Crippen LogP contribution in [0.15, 0.2) is 36.5 Å². The number of hydrogen-bond acceptors (Lipinski definition) is 3. The van der Waals surface area contributed by atoms with Crippen molar-refractivity contribution in [1.82, 2.24) is 9.88 Å². The van der Waals surface area contributed by atoms with Gasteiger partial charge < -0.3 is 10.6 Å². The van der Waals surface area contributed by atoms with Crippen LogP contribution < -0.4 is 5.73 Å². The number of hydrogen-bond donors (Lipinski definition) is 1. The standard InChI is InChI=1S/C13H17N3/c1-16(2)9-12(14)11-6-5-10-4-3-7-15-13(10)8-11/h3-8,12H,9,14H2,1-2H3. The summed E-state index contributed by atoms with van der Waals surface area (Å²) in [5.41, 5.74) is 8.26. The molecular weight excluding hydrogens is 198 g/mol. The summed E-state index contributed by atoms with van der Waals surface area (Å²) in [7, 11) is 4.05. The third kappa shape index (κ3) is 2.38. The first-order valence-electron chi connectivity index (χ1n) is 5.42. The van der Waals surface area contributed by atoms with Gasteiger partial charge in [-0.3, -0.25) is 4.98 Å². The number of rotatable bonds is 3. The lowest BCUT2D eigenvalue weighted by atomic mass is 10.0. The summed E-state index contributed by atoms with van der Waals surface area (Å²) in [4.78, 5) is 6.42. The SMILES string of the molecule is CN(C)CC(N)c1ccc2cccnc2c1. The molecule has 1 unspecified atom stereocenters. The van der Waals surface area contributed by atoms with E-state index in [0.29, 0.717) is 0 Å². The minimum absolute atomic E-state index is 0.0430. The van der Waals surface area contributed by atoms with Crippen LogP contribution in [0.3, 0.4) is 0 Å². The quantitative estimate of drug-likeness (QED) is 0.849. The van der Waals surface area contributed by atoms with Gasteiger partial charge in [0.1, 0.15) is 0 Å². The van der Waals surface area contributed by atoms with Gasteiger partial charge in [0.2, 0.25) is 0 Å². The number of pyridine rings is 1. The highest BCUT2D eigenvalue weighted by atomic mass is 15.1. The second-order valence-corrected chi connectivity index (χ2v) is 4.32. The van der Waals surface area contributed by atoms with Crippen LogP contribution in [0.4, 0.5) is 0 Å². The van der Waals surface area contributed by atoms with Gasteiger partial charge in [-0.25, -0.2) is 0 Å². The van der Waals surface area contributed by atoms with Crippen molar-refractivity contribution in [3.63, 3.8) is 0 Å². The Morgan fingerprint density at radius 2 is 2.12 bits per heavy atom. The fraction of sp³-hybridized carbons (Fsp3) is 0.308. The van der Waals surface area contributed by atoms with Crippen LogP contribution in [-0.2, 0) is 0 Å². The van der Waals surface area contributed by atoms with E-state index in [1.807, 2.05) is 26.4 Å². The normalized spacial score (nSPS) is 13.2. The Bertz CT molecular complexity index is 479. The van der Waals surface area contributed by atoms with Crippen molar-refractivity contribution >= 4 is 10.9 Å². The Morgan fingerprint density at radius 3 is 2.88 bits per heavy atom. The summed E-state index contributed by atoms with van der Waals surface area (Å²) < 4.78 is 0.